The van der Waals surface area contributed by atoms with Gasteiger partial charge in [-0.2, -0.15) is 0 Å². The second-order valence-corrected chi connectivity index (χ2v) is 5.72. The van der Waals surface area contributed by atoms with E-state index in [2.05, 4.69) is 15.9 Å². The van der Waals surface area contributed by atoms with Gasteiger partial charge in [0.15, 0.2) is 0 Å². The Bertz CT molecular complexity index is 399. The van der Waals surface area contributed by atoms with Crippen molar-refractivity contribution in [3.8, 4) is 0 Å². The molecule has 2 nitrogen and oxygen atoms in total. The van der Waals surface area contributed by atoms with Crippen LogP contribution in [0.3, 0.4) is 0 Å². The highest BCUT2D eigenvalue weighted by atomic mass is 79.9. The van der Waals surface area contributed by atoms with Crippen molar-refractivity contribution in [3.63, 3.8) is 0 Å². The van der Waals surface area contributed by atoms with E-state index in [0.29, 0.717) is 19.1 Å². The largest absolute Gasteiger partial charge is 0.373 e. The molecule has 0 aliphatic heterocycles. The van der Waals surface area contributed by atoms with Crippen molar-refractivity contribution in [3.05, 3.63) is 34.1 Å². The minimum Gasteiger partial charge on any atom is -0.373 e. The number of hydrogen-bond acceptors (Lipinski definition) is 2. The van der Waals surface area contributed by atoms with Crippen LogP contribution in [0.15, 0.2) is 22.7 Å². The zero-order valence-corrected chi connectivity index (χ0v) is 12.0. The fourth-order valence-corrected chi connectivity index (χ4v) is 2.87. The summed E-state index contributed by atoms with van der Waals surface area (Å²) in [6.07, 6.45) is 4.87. The van der Waals surface area contributed by atoms with Crippen molar-refractivity contribution in [1.29, 1.82) is 0 Å². The maximum Gasteiger partial charge on any atom is 0.123 e. The van der Waals surface area contributed by atoms with Crippen molar-refractivity contribution in [2.24, 2.45) is 11.7 Å². The summed E-state index contributed by atoms with van der Waals surface area (Å²) in [6, 6.07) is 4.68. The lowest BCUT2D eigenvalue weighted by atomic mass is 9.86. The summed E-state index contributed by atoms with van der Waals surface area (Å²) in [5, 5.41) is 0. The molecule has 2 unspecified atom stereocenters. The molecule has 1 aromatic rings. The normalized spacial score (nSPS) is 24.2. The van der Waals surface area contributed by atoms with Crippen LogP contribution in [0.1, 0.15) is 31.2 Å². The first-order chi connectivity index (χ1) is 8.70. The van der Waals surface area contributed by atoms with Gasteiger partial charge in [-0.15, -0.1) is 0 Å². The lowest BCUT2D eigenvalue weighted by Gasteiger charge is -2.30. The first-order valence-electron chi connectivity index (χ1n) is 6.46. The quantitative estimate of drug-likeness (QED) is 0.921. The first-order valence-corrected chi connectivity index (χ1v) is 7.25. The molecule has 0 heterocycles. The van der Waals surface area contributed by atoms with E-state index in [-0.39, 0.29) is 11.9 Å². The highest BCUT2D eigenvalue weighted by Gasteiger charge is 2.24. The summed E-state index contributed by atoms with van der Waals surface area (Å²) in [5.41, 5.74) is 6.63. The molecule has 0 bridgehead atoms. The Morgan fingerprint density at radius 3 is 2.89 bits per heavy atom. The average molecular weight is 316 g/mol. The van der Waals surface area contributed by atoms with Crippen molar-refractivity contribution >= 4 is 15.9 Å². The van der Waals surface area contributed by atoms with E-state index >= 15 is 0 Å². The lowest BCUT2D eigenvalue weighted by Crippen LogP contribution is -2.33. The predicted molar refractivity (Wildman–Crippen MR) is 73.7 cm³/mol. The van der Waals surface area contributed by atoms with Crippen LogP contribution in [-0.2, 0) is 11.3 Å². The molecule has 1 fully saturated rings. The van der Waals surface area contributed by atoms with Gasteiger partial charge < -0.3 is 10.5 Å². The third-order valence-electron chi connectivity index (χ3n) is 3.60. The van der Waals surface area contributed by atoms with Gasteiger partial charge in [0.05, 0.1) is 12.7 Å². The third kappa shape index (κ3) is 3.53. The smallest absolute Gasteiger partial charge is 0.123 e. The number of benzene rings is 1. The standard InChI is InChI=1S/C14H19BrFNO/c15-13-6-5-12(16)7-11(13)9-18-14-4-2-1-3-10(14)8-17/h5-7,10,14H,1-4,8-9,17H2. The molecule has 1 aliphatic rings. The first kappa shape index (κ1) is 14.0. The van der Waals surface area contributed by atoms with Crippen molar-refractivity contribution < 1.29 is 9.13 Å². The Morgan fingerprint density at radius 1 is 1.33 bits per heavy atom. The monoisotopic (exact) mass is 315 g/mol. The molecule has 1 aliphatic carbocycles. The Labute approximate surface area is 116 Å². The highest BCUT2D eigenvalue weighted by Crippen LogP contribution is 2.28. The van der Waals surface area contributed by atoms with Crippen molar-refractivity contribution in [2.45, 2.75) is 38.4 Å². The molecule has 0 saturated heterocycles. The Balaban J connectivity index is 1.95. The number of ether oxygens (including phenoxy) is 1. The Kier molecular flexibility index (Phi) is 5.15. The van der Waals surface area contributed by atoms with Crippen molar-refractivity contribution in [1.82, 2.24) is 0 Å². The van der Waals surface area contributed by atoms with Crippen LogP contribution >= 0.6 is 15.9 Å². The molecule has 0 aromatic heterocycles. The number of hydrogen-bond donors (Lipinski definition) is 1. The molecule has 18 heavy (non-hydrogen) atoms. The minimum absolute atomic E-state index is 0.221. The predicted octanol–water partition coefficient (Wildman–Crippen LogP) is 3.62. The van der Waals surface area contributed by atoms with E-state index < -0.39 is 0 Å². The molecular weight excluding hydrogens is 297 g/mol. The fourth-order valence-electron chi connectivity index (χ4n) is 2.51. The van der Waals surface area contributed by atoms with E-state index in [4.69, 9.17) is 10.5 Å². The Morgan fingerprint density at radius 2 is 2.11 bits per heavy atom. The summed E-state index contributed by atoms with van der Waals surface area (Å²) in [4.78, 5) is 0. The molecule has 1 saturated carbocycles. The zero-order valence-electron chi connectivity index (χ0n) is 10.4. The average Bonchev–Trinajstić information content (AvgIpc) is 2.40. The molecule has 4 heteroatoms. The highest BCUT2D eigenvalue weighted by molar-refractivity contribution is 9.10. The maximum absolute atomic E-state index is 13.2. The van der Waals surface area contributed by atoms with Crippen LogP contribution in [0, 0.1) is 11.7 Å². The molecular formula is C14H19BrFNO. The second kappa shape index (κ2) is 6.64. The van der Waals surface area contributed by atoms with Crippen LogP contribution in [-0.4, -0.2) is 12.6 Å². The molecule has 100 valence electrons. The molecule has 0 amide bonds. The van der Waals surface area contributed by atoms with Gasteiger partial charge >= 0.3 is 0 Å². The SMILES string of the molecule is NCC1CCCCC1OCc1cc(F)ccc1Br. The molecule has 2 rings (SSSR count). The fraction of sp³-hybridized carbons (Fsp3) is 0.571. The van der Waals surface area contributed by atoms with Crippen LogP contribution in [0.5, 0.6) is 0 Å². The van der Waals surface area contributed by atoms with Gasteiger partial charge in [0.1, 0.15) is 5.82 Å². The van der Waals surface area contributed by atoms with Crippen LogP contribution < -0.4 is 5.73 Å². The van der Waals surface area contributed by atoms with Crippen LogP contribution in [0.2, 0.25) is 0 Å². The van der Waals surface area contributed by atoms with Crippen LogP contribution in [0.25, 0.3) is 0 Å². The van der Waals surface area contributed by atoms with E-state index in [1.54, 1.807) is 6.07 Å². The van der Waals surface area contributed by atoms with Crippen molar-refractivity contribution in [2.75, 3.05) is 6.54 Å². The maximum atomic E-state index is 13.2. The summed E-state index contributed by atoms with van der Waals surface area (Å²) >= 11 is 3.42. The van der Waals surface area contributed by atoms with Gasteiger partial charge in [-0.25, -0.2) is 4.39 Å². The molecule has 2 atom stereocenters. The van der Waals surface area contributed by atoms with Gasteiger partial charge in [-0.3, -0.25) is 0 Å². The summed E-state index contributed by atoms with van der Waals surface area (Å²) < 4.78 is 20.0. The van der Waals surface area contributed by atoms with Gasteiger partial charge in [0.25, 0.3) is 0 Å². The Hall–Kier alpha value is -0.450. The second-order valence-electron chi connectivity index (χ2n) is 4.87. The van der Waals surface area contributed by atoms with E-state index in [1.165, 1.54) is 25.0 Å². The summed E-state index contributed by atoms with van der Waals surface area (Å²) in [5.74, 6) is 0.224. The van der Waals surface area contributed by atoms with Gasteiger partial charge in [0.2, 0.25) is 0 Å². The lowest BCUT2D eigenvalue weighted by molar-refractivity contribution is -0.0185. The molecule has 2 N–H and O–H groups in total. The molecule has 0 radical (unpaired) electrons. The minimum atomic E-state index is -0.226. The third-order valence-corrected chi connectivity index (χ3v) is 4.38. The van der Waals surface area contributed by atoms with E-state index in [1.807, 2.05) is 0 Å². The topological polar surface area (TPSA) is 35.2 Å². The van der Waals surface area contributed by atoms with Gasteiger partial charge in [0, 0.05) is 4.47 Å². The summed E-state index contributed by atoms with van der Waals surface area (Å²) in [6.45, 7) is 1.12. The van der Waals surface area contributed by atoms with Gasteiger partial charge in [-0.1, -0.05) is 28.8 Å². The molecule has 1 aromatic carbocycles. The van der Waals surface area contributed by atoms with Crippen LogP contribution in [0.4, 0.5) is 4.39 Å². The molecule has 0 spiro atoms. The van der Waals surface area contributed by atoms with E-state index in [9.17, 15) is 4.39 Å². The number of nitrogens with two attached hydrogens (primary N) is 1. The number of halogens is 2. The number of rotatable bonds is 4. The van der Waals surface area contributed by atoms with E-state index in [0.717, 1.165) is 22.9 Å². The zero-order chi connectivity index (χ0) is 13.0. The van der Waals surface area contributed by atoms with Gasteiger partial charge in [-0.05, 0) is 49.1 Å². The summed E-state index contributed by atoms with van der Waals surface area (Å²) in [7, 11) is 0.